The van der Waals surface area contributed by atoms with Gasteiger partial charge in [-0.2, -0.15) is 4.98 Å². The van der Waals surface area contributed by atoms with Crippen LogP contribution in [0.1, 0.15) is 15.9 Å². The molecule has 6 aromatic rings. The number of pyridine rings is 3. The van der Waals surface area contributed by atoms with E-state index in [1.54, 1.807) is 12.3 Å². The Labute approximate surface area is 245 Å². The fourth-order valence-corrected chi connectivity index (χ4v) is 6.02. The lowest BCUT2D eigenvalue weighted by Crippen LogP contribution is -2.26. The topological polar surface area (TPSA) is 123 Å². The van der Waals surface area contributed by atoms with Gasteiger partial charge < -0.3 is 14.3 Å². The van der Waals surface area contributed by atoms with Crippen molar-refractivity contribution in [1.82, 2.24) is 24.8 Å². The van der Waals surface area contributed by atoms with E-state index in [9.17, 15) is 17.6 Å². The number of aryl methyl sites for hydroxylation is 2. The highest BCUT2D eigenvalue weighted by Gasteiger charge is 2.28. The average Bonchev–Trinajstić information content (AvgIpc) is 3.58. The van der Waals surface area contributed by atoms with Crippen molar-refractivity contribution < 1.29 is 22.0 Å². The highest BCUT2D eigenvalue weighted by atomic mass is 32.2. The quantitative estimate of drug-likeness (QED) is 0.296. The van der Waals surface area contributed by atoms with E-state index in [0.717, 1.165) is 51.5 Å². The van der Waals surface area contributed by atoms with E-state index in [4.69, 9.17) is 9.40 Å². The summed E-state index contributed by atoms with van der Waals surface area (Å²) in [4.78, 5) is 27.3. The van der Waals surface area contributed by atoms with Crippen molar-refractivity contribution in [2.75, 3.05) is 24.7 Å². The lowest BCUT2D eigenvalue weighted by Gasteiger charge is -2.22. The van der Waals surface area contributed by atoms with E-state index < -0.39 is 21.7 Å². The van der Waals surface area contributed by atoms with Gasteiger partial charge in [-0.3, -0.25) is 14.1 Å². The van der Waals surface area contributed by atoms with Gasteiger partial charge in [-0.15, -0.1) is 0 Å². The monoisotopic (exact) mass is 596 g/mol. The van der Waals surface area contributed by atoms with Gasteiger partial charge in [0.15, 0.2) is 5.82 Å². The Balaban J connectivity index is 1.49. The van der Waals surface area contributed by atoms with Crippen LogP contribution in [0.2, 0.25) is 0 Å². The highest BCUT2D eigenvalue weighted by Crippen LogP contribution is 2.40. The standard InChI is InChI=1S/C31H25FN6O4S/c1-33-30(39)26-21-15-20(22-11-8-17-12-14-38-24-5-4-13-34-23(24)16-25(38)27(17)35-22)29(37(2)43(3,40)41)36-31(21)42-28(26)18-6-9-19(32)10-7-18/h4-11,13,15-16H,12,14H2,1-3H3,(H,33,39). The minimum absolute atomic E-state index is 0.0522. The first kappa shape index (κ1) is 26.8. The number of furan rings is 1. The minimum atomic E-state index is -3.75. The van der Waals surface area contributed by atoms with E-state index in [0.29, 0.717) is 22.2 Å². The van der Waals surface area contributed by atoms with Crippen LogP contribution in [0.25, 0.3) is 56.1 Å². The minimum Gasteiger partial charge on any atom is -0.437 e. The Hall–Kier alpha value is -5.10. The Bertz CT molecular complexity index is 2210. The van der Waals surface area contributed by atoms with Crippen LogP contribution in [0.3, 0.4) is 0 Å². The van der Waals surface area contributed by atoms with E-state index in [2.05, 4.69) is 19.9 Å². The Kier molecular flexibility index (Phi) is 6.06. The van der Waals surface area contributed by atoms with Gasteiger partial charge in [0.2, 0.25) is 15.7 Å². The van der Waals surface area contributed by atoms with Crippen LogP contribution in [0, 0.1) is 5.82 Å². The van der Waals surface area contributed by atoms with Gasteiger partial charge in [0.05, 0.1) is 45.3 Å². The van der Waals surface area contributed by atoms with Gasteiger partial charge >= 0.3 is 0 Å². The first-order chi connectivity index (χ1) is 20.6. The molecule has 1 aliphatic heterocycles. The first-order valence-electron chi connectivity index (χ1n) is 13.5. The first-order valence-corrected chi connectivity index (χ1v) is 15.3. The van der Waals surface area contributed by atoms with Gasteiger partial charge in [0.25, 0.3) is 5.91 Å². The molecular formula is C31H25FN6O4S. The van der Waals surface area contributed by atoms with Gasteiger partial charge in [0.1, 0.15) is 11.6 Å². The Morgan fingerprint density at radius 2 is 1.88 bits per heavy atom. The molecule has 1 N–H and O–H groups in total. The number of carbonyl (C=O) groups excluding carboxylic acids is 1. The molecule has 0 spiro atoms. The zero-order valence-corrected chi connectivity index (χ0v) is 24.2. The molecular weight excluding hydrogens is 571 g/mol. The maximum Gasteiger partial charge on any atom is 0.255 e. The molecule has 10 nitrogen and oxygen atoms in total. The van der Waals surface area contributed by atoms with Crippen molar-refractivity contribution >= 4 is 43.9 Å². The van der Waals surface area contributed by atoms with Crippen LogP contribution in [-0.2, 0) is 23.0 Å². The predicted octanol–water partition coefficient (Wildman–Crippen LogP) is 5.02. The van der Waals surface area contributed by atoms with Gasteiger partial charge in [-0.25, -0.2) is 17.8 Å². The van der Waals surface area contributed by atoms with Crippen LogP contribution >= 0.6 is 0 Å². The molecule has 216 valence electrons. The lowest BCUT2D eigenvalue weighted by molar-refractivity contribution is 0.0964. The van der Waals surface area contributed by atoms with Crippen LogP contribution in [0.5, 0.6) is 0 Å². The smallest absolute Gasteiger partial charge is 0.255 e. The second-order valence-electron chi connectivity index (χ2n) is 10.4. The third-order valence-electron chi connectivity index (χ3n) is 7.79. The second-order valence-corrected chi connectivity index (χ2v) is 12.4. The summed E-state index contributed by atoms with van der Waals surface area (Å²) < 4.78 is 48.5. The zero-order valence-electron chi connectivity index (χ0n) is 23.4. The number of carbonyl (C=O) groups is 1. The van der Waals surface area contributed by atoms with Gasteiger partial charge in [0, 0.05) is 38.0 Å². The molecule has 0 saturated heterocycles. The number of nitrogens with zero attached hydrogens (tertiary/aromatic N) is 5. The van der Waals surface area contributed by atoms with E-state index in [1.807, 2.05) is 30.3 Å². The van der Waals surface area contributed by atoms with Crippen LogP contribution in [0.4, 0.5) is 10.2 Å². The fraction of sp³-hybridized carbons (Fsp3) is 0.161. The van der Waals surface area contributed by atoms with Gasteiger partial charge in [-0.1, -0.05) is 6.07 Å². The molecule has 12 heteroatoms. The summed E-state index contributed by atoms with van der Waals surface area (Å²) in [6.45, 7) is 0.783. The van der Waals surface area contributed by atoms with Gasteiger partial charge in [-0.05, 0) is 66.6 Å². The van der Waals surface area contributed by atoms with Crippen molar-refractivity contribution in [2.45, 2.75) is 13.0 Å². The summed E-state index contributed by atoms with van der Waals surface area (Å²) in [5.74, 6) is -0.608. The van der Waals surface area contributed by atoms with Crippen molar-refractivity contribution in [2.24, 2.45) is 0 Å². The maximum atomic E-state index is 13.7. The number of sulfonamides is 1. The summed E-state index contributed by atoms with van der Waals surface area (Å²) in [6.07, 6.45) is 3.60. The SMILES string of the molecule is CNC(=O)c1c(-c2ccc(F)cc2)oc2nc(N(C)S(C)(=O)=O)c(-c3ccc4c(n3)-c3cc5ncccc5n3CC4)cc12. The Morgan fingerprint density at radius 1 is 1.09 bits per heavy atom. The molecule has 0 fully saturated rings. The number of rotatable bonds is 5. The number of nitrogens with one attached hydrogen (secondary N) is 1. The van der Waals surface area contributed by atoms with Crippen molar-refractivity contribution in [3.05, 3.63) is 83.8 Å². The molecule has 1 amide bonds. The molecule has 0 bridgehead atoms. The summed E-state index contributed by atoms with van der Waals surface area (Å²) in [7, 11) is -0.856. The summed E-state index contributed by atoms with van der Waals surface area (Å²) in [6, 6.07) is 17.0. The average molecular weight is 597 g/mol. The number of aromatic nitrogens is 4. The fourth-order valence-electron chi connectivity index (χ4n) is 5.57. The molecule has 1 aliphatic rings. The third-order valence-corrected chi connectivity index (χ3v) is 8.96. The number of fused-ring (bicyclic) bond motifs is 6. The van der Waals surface area contributed by atoms with Crippen molar-refractivity contribution in [3.8, 4) is 34.0 Å². The molecule has 43 heavy (non-hydrogen) atoms. The van der Waals surface area contributed by atoms with E-state index >= 15 is 0 Å². The number of benzene rings is 1. The van der Waals surface area contributed by atoms with Crippen LogP contribution in [0.15, 0.2) is 71.3 Å². The normalized spacial score (nSPS) is 12.7. The number of hydrogen-bond donors (Lipinski definition) is 1. The maximum absolute atomic E-state index is 13.7. The second kappa shape index (κ2) is 9.73. The van der Waals surface area contributed by atoms with Crippen LogP contribution < -0.4 is 9.62 Å². The van der Waals surface area contributed by atoms with E-state index in [-0.39, 0.29) is 22.9 Å². The predicted molar refractivity (Wildman–Crippen MR) is 162 cm³/mol. The summed E-state index contributed by atoms with van der Waals surface area (Å²) >= 11 is 0. The third kappa shape index (κ3) is 4.33. The number of amides is 1. The lowest BCUT2D eigenvalue weighted by atomic mass is 10.0. The largest absolute Gasteiger partial charge is 0.437 e. The summed E-state index contributed by atoms with van der Waals surface area (Å²) in [5, 5.41) is 2.99. The number of halogens is 1. The van der Waals surface area contributed by atoms with Crippen molar-refractivity contribution in [3.63, 3.8) is 0 Å². The molecule has 0 saturated carbocycles. The van der Waals surface area contributed by atoms with E-state index in [1.165, 1.54) is 38.4 Å². The van der Waals surface area contributed by atoms with Crippen molar-refractivity contribution in [1.29, 1.82) is 0 Å². The molecule has 5 aromatic heterocycles. The molecule has 7 rings (SSSR count). The Morgan fingerprint density at radius 3 is 2.63 bits per heavy atom. The zero-order chi connectivity index (χ0) is 30.0. The molecule has 0 aliphatic carbocycles. The molecule has 0 radical (unpaired) electrons. The molecule has 6 heterocycles. The summed E-state index contributed by atoms with van der Waals surface area (Å²) in [5.41, 5.74) is 6.18. The highest BCUT2D eigenvalue weighted by molar-refractivity contribution is 7.92. The number of hydrogen-bond acceptors (Lipinski definition) is 7. The molecule has 0 unspecified atom stereocenters. The molecule has 0 atom stereocenters. The molecule has 1 aromatic carbocycles. The van der Waals surface area contributed by atoms with Crippen LogP contribution in [-0.4, -0.2) is 54.2 Å². The number of anilines is 1.